The van der Waals surface area contributed by atoms with Crippen molar-refractivity contribution >= 4 is 0 Å². The summed E-state index contributed by atoms with van der Waals surface area (Å²) in [5, 5.41) is 0. The third-order valence-electron chi connectivity index (χ3n) is 6.60. The van der Waals surface area contributed by atoms with Gasteiger partial charge < -0.3 is 4.74 Å². The molecule has 0 heterocycles. The number of ether oxygens (including phenoxy) is 1. The first-order valence-corrected chi connectivity index (χ1v) is 11.8. The van der Waals surface area contributed by atoms with Crippen LogP contribution in [0.4, 0.5) is 8.78 Å². The molecule has 0 saturated heterocycles. The van der Waals surface area contributed by atoms with Crippen LogP contribution >= 0.6 is 0 Å². The van der Waals surface area contributed by atoms with E-state index in [9.17, 15) is 8.78 Å². The Morgan fingerprint density at radius 3 is 2.17 bits per heavy atom. The lowest BCUT2D eigenvalue weighted by molar-refractivity contribution is 0.302. The third kappa shape index (κ3) is 5.83. The summed E-state index contributed by atoms with van der Waals surface area (Å²) in [7, 11) is 0. The van der Waals surface area contributed by atoms with Crippen LogP contribution in [-0.4, -0.2) is 6.61 Å². The van der Waals surface area contributed by atoms with Gasteiger partial charge >= 0.3 is 0 Å². The highest BCUT2D eigenvalue weighted by molar-refractivity contribution is 5.65. The first-order valence-electron chi connectivity index (χ1n) is 11.8. The van der Waals surface area contributed by atoms with E-state index in [0.717, 1.165) is 5.92 Å². The second-order valence-electron chi connectivity index (χ2n) is 8.71. The van der Waals surface area contributed by atoms with Gasteiger partial charge in [-0.1, -0.05) is 69.7 Å². The van der Waals surface area contributed by atoms with Crippen molar-refractivity contribution in [3.05, 3.63) is 53.6 Å². The molecule has 0 aliphatic heterocycles. The highest BCUT2D eigenvalue weighted by Crippen LogP contribution is 2.38. The molecule has 1 saturated carbocycles. The minimum absolute atomic E-state index is 0.0301. The molecule has 3 rings (SSSR count). The molecule has 2 aromatic carbocycles. The summed E-state index contributed by atoms with van der Waals surface area (Å²) in [6.45, 7) is 4.33. The molecule has 0 amide bonds. The molecule has 30 heavy (non-hydrogen) atoms. The molecule has 0 N–H and O–H groups in total. The normalized spacial score (nSPS) is 19.1. The van der Waals surface area contributed by atoms with Gasteiger partial charge in [-0.25, -0.2) is 4.39 Å². The molecule has 0 radical (unpaired) electrons. The summed E-state index contributed by atoms with van der Waals surface area (Å²) in [6.07, 6.45) is 13.3. The average Bonchev–Trinajstić information content (AvgIpc) is 2.78. The molecule has 0 bridgehead atoms. The lowest BCUT2D eigenvalue weighted by atomic mass is 9.77. The largest absolute Gasteiger partial charge is 0.491 e. The van der Waals surface area contributed by atoms with E-state index >= 15 is 0 Å². The Kier molecular flexibility index (Phi) is 8.72. The van der Waals surface area contributed by atoms with Gasteiger partial charge in [-0.15, -0.1) is 0 Å². The summed E-state index contributed by atoms with van der Waals surface area (Å²) in [5.41, 5.74) is 2.32. The number of halogens is 2. The quantitative estimate of drug-likeness (QED) is 0.353. The van der Waals surface area contributed by atoms with E-state index < -0.39 is 11.6 Å². The van der Waals surface area contributed by atoms with Crippen LogP contribution in [0, 0.1) is 17.6 Å². The van der Waals surface area contributed by atoms with Crippen molar-refractivity contribution in [2.75, 3.05) is 6.61 Å². The molecule has 0 atom stereocenters. The van der Waals surface area contributed by atoms with Crippen molar-refractivity contribution < 1.29 is 13.5 Å². The van der Waals surface area contributed by atoms with Gasteiger partial charge in [0.2, 0.25) is 5.82 Å². The fraction of sp³-hybridized carbons (Fsp3) is 0.556. The van der Waals surface area contributed by atoms with Crippen molar-refractivity contribution in [2.45, 2.75) is 84.0 Å². The summed E-state index contributed by atoms with van der Waals surface area (Å²) in [5.74, 6) is -0.294. The van der Waals surface area contributed by atoms with Crippen LogP contribution < -0.4 is 4.74 Å². The van der Waals surface area contributed by atoms with Gasteiger partial charge in [-0.2, -0.15) is 4.39 Å². The first kappa shape index (κ1) is 22.8. The molecule has 0 aromatic heterocycles. The maximum Gasteiger partial charge on any atom is 0.201 e. The van der Waals surface area contributed by atoms with E-state index in [2.05, 4.69) is 19.1 Å². The molecule has 1 fully saturated rings. The van der Waals surface area contributed by atoms with E-state index in [1.54, 1.807) is 13.0 Å². The van der Waals surface area contributed by atoms with Gasteiger partial charge in [0.05, 0.1) is 6.61 Å². The van der Waals surface area contributed by atoms with Crippen molar-refractivity contribution in [1.82, 2.24) is 0 Å². The zero-order valence-corrected chi connectivity index (χ0v) is 18.6. The number of hydrogen-bond donors (Lipinski definition) is 0. The van der Waals surface area contributed by atoms with E-state index in [0.29, 0.717) is 18.1 Å². The van der Waals surface area contributed by atoms with Crippen molar-refractivity contribution in [2.24, 2.45) is 5.92 Å². The molecule has 0 spiro atoms. The Morgan fingerprint density at radius 1 is 0.800 bits per heavy atom. The number of hydrogen-bond acceptors (Lipinski definition) is 1. The van der Waals surface area contributed by atoms with Gasteiger partial charge in [0.25, 0.3) is 0 Å². The lowest BCUT2D eigenvalue weighted by Crippen LogP contribution is -2.13. The third-order valence-corrected chi connectivity index (χ3v) is 6.60. The topological polar surface area (TPSA) is 9.23 Å². The van der Waals surface area contributed by atoms with Crippen molar-refractivity contribution in [3.8, 4) is 16.9 Å². The second kappa shape index (κ2) is 11.5. The summed E-state index contributed by atoms with van der Waals surface area (Å²) in [4.78, 5) is 0. The van der Waals surface area contributed by atoms with Crippen LogP contribution in [0.5, 0.6) is 5.75 Å². The minimum atomic E-state index is -0.911. The zero-order chi connectivity index (χ0) is 21.3. The van der Waals surface area contributed by atoms with Crippen molar-refractivity contribution in [1.29, 1.82) is 0 Å². The Labute approximate surface area is 180 Å². The average molecular weight is 415 g/mol. The fourth-order valence-electron chi connectivity index (χ4n) is 4.78. The van der Waals surface area contributed by atoms with E-state index in [1.165, 1.54) is 75.8 Å². The van der Waals surface area contributed by atoms with Crippen LogP contribution in [0.2, 0.25) is 0 Å². The van der Waals surface area contributed by atoms with E-state index in [1.807, 2.05) is 12.1 Å². The number of unbranched alkanes of at least 4 members (excludes halogenated alkanes) is 4. The van der Waals surface area contributed by atoms with E-state index in [-0.39, 0.29) is 11.3 Å². The molecular weight excluding hydrogens is 378 g/mol. The first-order chi connectivity index (χ1) is 14.6. The number of benzene rings is 2. The lowest BCUT2D eigenvalue weighted by Gasteiger charge is -2.29. The predicted molar refractivity (Wildman–Crippen MR) is 121 cm³/mol. The Morgan fingerprint density at radius 2 is 1.50 bits per heavy atom. The molecule has 3 heteroatoms. The van der Waals surface area contributed by atoms with Crippen LogP contribution in [0.1, 0.15) is 89.5 Å². The predicted octanol–water partition coefficient (Wildman–Crippen LogP) is 8.66. The van der Waals surface area contributed by atoms with Crippen molar-refractivity contribution in [3.63, 3.8) is 0 Å². The minimum Gasteiger partial charge on any atom is -0.491 e. The van der Waals surface area contributed by atoms with Gasteiger partial charge in [-0.05, 0) is 67.7 Å². The molecule has 1 aliphatic rings. The standard InChI is InChI=1S/C27H36F2O/c1-3-5-6-7-8-9-20-10-12-21(13-11-20)22-14-16-23(17-15-22)24-18-19-25(30-4-2)27(29)26(24)28/h14-21H,3-13H2,1-2H3. The molecule has 164 valence electrons. The molecular formula is C27H36F2O. The summed E-state index contributed by atoms with van der Waals surface area (Å²) in [6, 6.07) is 11.2. The van der Waals surface area contributed by atoms with Gasteiger partial charge in [0.1, 0.15) is 0 Å². The summed E-state index contributed by atoms with van der Waals surface area (Å²) < 4.78 is 33.8. The zero-order valence-electron chi connectivity index (χ0n) is 18.6. The smallest absolute Gasteiger partial charge is 0.201 e. The Bertz CT molecular complexity index is 776. The van der Waals surface area contributed by atoms with Crippen LogP contribution in [0.25, 0.3) is 11.1 Å². The van der Waals surface area contributed by atoms with E-state index in [4.69, 9.17) is 4.74 Å². The van der Waals surface area contributed by atoms with Crippen LogP contribution in [-0.2, 0) is 0 Å². The second-order valence-corrected chi connectivity index (χ2v) is 8.71. The Hall–Kier alpha value is -1.90. The van der Waals surface area contributed by atoms with Crippen LogP contribution in [0.15, 0.2) is 36.4 Å². The monoisotopic (exact) mass is 414 g/mol. The molecule has 2 aromatic rings. The van der Waals surface area contributed by atoms with Gasteiger partial charge in [0.15, 0.2) is 11.6 Å². The molecule has 0 unspecified atom stereocenters. The molecule has 1 aliphatic carbocycles. The fourth-order valence-corrected chi connectivity index (χ4v) is 4.78. The van der Waals surface area contributed by atoms with Gasteiger partial charge in [0, 0.05) is 5.56 Å². The maximum atomic E-state index is 14.5. The highest BCUT2D eigenvalue weighted by atomic mass is 19.2. The maximum absolute atomic E-state index is 14.5. The summed E-state index contributed by atoms with van der Waals surface area (Å²) >= 11 is 0. The SMILES string of the molecule is CCCCCCCC1CCC(c2ccc(-c3ccc(OCC)c(F)c3F)cc2)CC1. The van der Waals surface area contributed by atoms with Crippen LogP contribution in [0.3, 0.4) is 0 Å². The Balaban J connectivity index is 1.55. The van der Waals surface area contributed by atoms with Gasteiger partial charge in [-0.3, -0.25) is 0 Å². The highest BCUT2D eigenvalue weighted by Gasteiger charge is 2.22. The number of rotatable bonds is 10. The molecule has 1 nitrogen and oxygen atoms in total.